The third-order valence-electron chi connectivity index (χ3n) is 3.79. The number of nitrogens with one attached hydrogen (secondary N) is 1. The molecule has 0 bridgehead atoms. The van der Waals surface area contributed by atoms with Gasteiger partial charge in [-0.15, -0.1) is 11.3 Å². The lowest BCUT2D eigenvalue weighted by atomic mass is 9.92. The first-order valence-corrected chi connectivity index (χ1v) is 9.15. The number of anilines is 1. The Hall–Kier alpha value is -2.47. The second-order valence-corrected chi connectivity index (χ2v) is 7.92. The van der Waals surface area contributed by atoms with Gasteiger partial charge in [-0.05, 0) is 30.0 Å². The monoisotopic (exact) mass is 354 g/mol. The molecular formula is C19H22N4OS. The van der Waals surface area contributed by atoms with E-state index < -0.39 is 0 Å². The summed E-state index contributed by atoms with van der Waals surface area (Å²) in [6.45, 7) is 6.29. The fourth-order valence-corrected chi connectivity index (χ4v) is 3.10. The molecule has 0 spiro atoms. The first-order valence-electron chi connectivity index (χ1n) is 8.28. The summed E-state index contributed by atoms with van der Waals surface area (Å²) in [5, 5.41) is 9.67. The van der Waals surface area contributed by atoms with Gasteiger partial charge in [0.1, 0.15) is 5.82 Å². The molecule has 3 aromatic heterocycles. The molecule has 0 unspecified atom stereocenters. The van der Waals surface area contributed by atoms with E-state index in [1.165, 1.54) is 4.88 Å². The maximum absolute atomic E-state index is 12.4. The molecule has 0 aliphatic carbocycles. The van der Waals surface area contributed by atoms with Crippen LogP contribution in [-0.4, -0.2) is 20.7 Å². The molecule has 0 radical (unpaired) electrons. The van der Waals surface area contributed by atoms with Crippen LogP contribution in [0.15, 0.2) is 48.0 Å². The third-order valence-corrected chi connectivity index (χ3v) is 4.73. The highest BCUT2D eigenvalue weighted by molar-refractivity contribution is 7.09. The molecule has 130 valence electrons. The number of pyridine rings is 1. The second-order valence-electron chi connectivity index (χ2n) is 6.89. The van der Waals surface area contributed by atoms with Gasteiger partial charge in [0.25, 0.3) is 0 Å². The Labute approximate surface area is 151 Å². The smallest absolute Gasteiger partial charge is 0.225 e. The maximum atomic E-state index is 12.4. The van der Waals surface area contributed by atoms with Crippen molar-refractivity contribution in [3.63, 3.8) is 0 Å². The first kappa shape index (κ1) is 17.4. The lowest BCUT2D eigenvalue weighted by Gasteiger charge is -2.13. The summed E-state index contributed by atoms with van der Waals surface area (Å²) in [5.74, 6) is 1.32. The van der Waals surface area contributed by atoms with Gasteiger partial charge in [-0.25, -0.2) is 4.98 Å². The number of carbonyl (C=O) groups is 1. The van der Waals surface area contributed by atoms with Crippen LogP contribution < -0.4 is 5.32 Å². The minimum atomic E-state index is -0.115. The fraction of sp³-hybridized carbons (Fsp3) is 0.316. The molecule has 0 aromatic carbocycles. The van der Waals surface area contributed by atoms with Crippen LogP contribution in [0.4, 0.5) is 5.82 Å². The van der Waals surface area contributed by atoms with Crippen molar-refractivity contribution in [1.82, 2.24) is 14.8 Å². The summed E-state index contributed by atoms with van der Waals surface area (Å²) in [4.78, 5) is 17.9. The highest BCUT2D eigenvalue weighted by Crippen LogP contribution is 2.26. The predicted octanol–water partition coefficient (Wildman–Crippen LogP) is 4.20. The van der Waals surface area contributed by atoms with E-state index in [1.54, 1.807) is 22.2 Å². The molecule has 3 aromatic rings. The zero-order valence-electron chi connectivity index (χ0n) is 14.7. The SMILES string of the molecule is CC(C)(C)c1cc(NC(=O)CCc2cccs2)n(-c2ccccn2)n1. The summed E-state index contributed by atoms with van der Waals surface area (Å²) in [5.41, 5.74) is 0.794. The molecule has 3 rings (SSSR count). The lowest BCUT2D eigenvalue weighted by Crippen LogP contribution is -2.15. The van der Waals surface area contributed by atoms with E-state index >= 15 is 0 Å². The number of nitrogens with zero attached hydrogens (tertiary/aromatic N) is 3. The molecule has 25 heavy (non-hydrogen) atoms. The Kier molecular flexibility index (Phi) is 4.99. The number of aryl methyl sites for hydroxylation is 1. The van der Waals surface area contributed by atoms with Crippen molar-refractivity contribution in [2.24, 2.45) is 0 Å². The van der Waals surface area contributed by atoms with Gasteiger partial charge in [-0.2, -0.15) is 9.78 Å². The number of aromatic nitrogens is 3. The number of hydrogen-bond donors (Lipinski definition) is 1. The zero-order chi connectivity index (χ0) is 17.9. The second kappa shape index (κ2) is 7.19. The fourth-order valence-electron chi connectivity index (χ4n) is 2.39. The van der Waals surface area contributed by atoms with Crippen molar-refractivity contribution in [2.75, 3.05) is 5.32 Å². The van der Waals surface area contributed by atoms with Crippen LogP contribution >= 0.6 is 11.3 Å². The molecule has 0 atom stereocenters. The summed E-state index contributed by atoms with van der Waals surface area (Å²) in [6, 6.07) is 11.6. The first-order chi connectivity index (χ1) is 11.9. The number of hydrogen-bond acceptors (Lipinski definition) is 4. The molecule has 0 saturated heterocycles. The molecule has 1 amide bonds. The van der Waals surface area contributed by atoms with Crippen LogP contribution in [0.3, 0.4) is 0 Å². The Balaban J connectivity index is 1.81. The molecule has 0 fully saturated rings. The van der Waals surface area contributed by atoms with Crippen LogP contribution in [0.1, 0.15) is 37.8 Å². The molecule has 6 heteroatoms. The molecular weight excluding hydrogens is 332 g/mol. The van der Waals surface area contributed by atoms with Crippen molar-refractivity contribution in [3.8, 4) is 5.82 Å². The minimum absolute atomic E-state index is 0.0223. The van der Waals surface area contributed by atoms with Crippen LogP contribution in [-0.2, 0) is 16.6 Å². The van der Waals surface area contributed by atoms with Crippen molar-refractivity contribution in [3.05, 3.63) is 58.5 Å². The lowest BCUT2D eigenvalue weighted by molar-refractivity contribution is -0.116. The minimum Gasteiger partial charge on any atom is -0.311 e. The Morgan fingerprint density at radius 3 is 2.72 bits per heavy atom. The van der Waals surface area contributed by atoms with Crippen LogP contribution in [0.5, 0.6) is 0 Å². The Morgan fingerprint density at radius 1 is 1.24 bits per heavy atom. The predicted molar refractivity (Wildman–Crippen MR) is 101 cm³/mol. The average Bonchev–Trinajstić information content (AvgIpc) is 3.23. The molecule has 1 N–H and O–H groups in total. The van der Waals surface area contributed by atoms with E-state index in [9.17, 15) is 4.79 Å². The van der Waals surface area contributed by atoms with E-state index in [0.717, 1.165) is 12.1 Å². The Bertz CT molecular complexity index is 832. The van der Waals surface area contributed by atoms with Gasteiger partial charge in [0.05, 0.1) is 5.69 Å². The summed E-state index contributed by atoms with van der Waals surface area (Å²) >= 11 is 1.67. The van der Waals surface area contributed by atoms with Crippen molar-refractivity contribution < 1.29 is 4.79 Å². The molecule has 5 nitrogen and oxygen atoms in total. The highest BCUT2D eigenvalue weighted by atomic mass is 32.1. The van der Waals surface area contributed by atoms with Gasteiger partial charge in [-0.1, -0.05) is 32.9 Å². The van der Waals surface area contributed by atoms with Crippen LogP contribution in [0.25, 0.3) is 5.82 Å². The van der Waals surface area contributed by atoms with E-state index in [1.807, 2.05) is 41.8 Å². The van der Waals surface area contributed by atoms with Crippen LogP contribution in [0.2, 0.25) is 0 Å². The van der Waals surface area contributed by atoms with Crippen LogP contribution in [0, 0.1) is 0 Å². The van der Waals surface area contributed by atoms with Crippen molar-refractivity contribution >= 4 is 23.1 Å². The number of amides is 1. The third kappa shape index (κ3) is 4.33. The van der Waals surface area contributed by atoms with Crippen molar-refractivity contribution in [2.45, 2.75) is 39.0 Å². The molecule has 3 heterocycles. The van der Waals surface area contributed by atoms with E-state index in [0.29, 0.717) is 18.1 Å². The zero-order valence-corrected chi connectivity index (χ0v) is 15.5. The van der Waals surface area contributed by atoms with Gasteiger partial charge in [0, 0.05) is 29.0 Å². The standard InChI is InChI=1S/C19H22N4OS/c1-19(2,3)15-13-17(23(22-15)16-8-4-5-11-20-16)21-18(24)10-9-14-7-6-12-25-14/h4-8,11-13H,9-10H2,1-3H3,(H,21,24). The topological polar surface area (TPSA) is 59.8 Å². The number of thiophene rings is 1. The average molecular weight is 354 g/mol. The summed E-state index contributed by atoms with van der Waals surface area (Å²) in [7, 11) is 0. The molecule has 0 saturated carbocycles. The normalized spacial score (nSPS) is 11.5. The van der Waals surface area contributed by atoms with Gasteiger partial charge in [-0.3, -0.25) is 4.79 Å². The van der Waals surface area contributed by atoms with Gasteiger partial charge in [0.2, 0.25) is 5.91 Å². The van der Waals surface area contributed by atoms with Gasteiger partial charge < -0.3 is 5.32 Å². The summed E-state index contributed by atoms with van der Waals surface area (Å²) < 4.78 is 1.70. The van der Waals surface area contributed by atoms with Crippen molar-refractivity contribution in [1.29, 1.82) is 0 Å². The van der Waals surface area contributed by atoms with Gasteiger partial charge in [0.15, 0.2) is 5.82 Å². The largest absolute Gasteiger partial charge is 0.311 e. The quantitative estimate of drug-likeness (QED) is 0.747. The molecule has 0 aliphatic heterocycles. The molecule has 0 aliphatic rings. The Morgan fingerprint density at radius 2 is 2.08 bits per heavy atom. The van der Waals surface area contributed by atoms with E-state index in [-0.39, 0.29) is 11.3 Å². The van der Waals surface area contributed by atoms with E-state index in [4.69, 9.17) is 0 Å². The number of carbonyl (C=O) groups excluding carboxylic acids is 1. The summed E-state index contributed by atoms with van der Waals surface area (Å²) in [6.07, 6.45) is 2.91. The number of rotatable bonds is 5. The highest BCUT2D eigenvalue weighted by Gasteiger charge is 2.21. The maximum Gasteiger partial charge on any atom is 0.225 e. The van der Waals surface area contributed by atoms with Gasteiger partial charge >= 0.3 is 0 Å². The van der Waals surface area contributed by atoms with E-state index in [2.05, 4.69) is 36.2 Å².